The van der Waals surface area contributed by atoms with E-state index in [2.05, 4.69) is 20.8 Å². The van der Waals surface area contributed by atoms with Crippen LogP contribution in [0.2, 0.25) is 0 Å². The van der Waals surface area contributed by atoms with Gasteiger partial charge in [-0.25, -0.2) is 0 Å². The molecule has 0 fully saturated rings. The zero-order valence-corrected chi connectivity index (χ0v) is 31.3. The maximum Gasteiger partial charge on any atom is 0.527 e. The molecule has 0 aliphatic carbocycles. The lowest BCUT2D eigenvalue weighted by Crippen LogP contribution is -2.59. The number of rotatable bonds is 18. The van der Waals surface area contributed by atoms with Crippen LogP contribution in [0.1, 0.15) is 76.1 Å². The lowest BCUT2D eigenvalue weighted by Gasteiger charge is -2.40. The van der Waals surface area contributed by atoms with Gasteiger partial charge in [-0.05, 0) is 55.4 Å². The molecule has 0 saturated carbocycles. The summed E-state index contributed by atoms with van der Waals surface area (Å²) in [6.07, 6.45) is 2.66. The molecule has 0 aliphatic heterocycles. The third kappa shape index (κ3) is 9.90. The highest BCUT2D eigenvalue weighted by molar-refractivity contribution is 6.74. The van der Waals surface area contributed by atoms with Crippen LogP contribution in [-0.2, 0) is 47.3 Å². The van der Waals surface area contributed by atoms with E-state index >= 15 is 0 Å². The Labute approximate surface area is 275 Å². The Kier molecular flexibility index (Phi) is 18.3. The Morgan fingerprint density at radius 3 is 1.07 bits per heavy atom. The monoisotopic (exact) mass is 700 g/mol. The first-order valence-electron chi connectivity index (χ1n) is 14.2. The second-order valence-electron chi connectivity index (χ2n) is 9.94. The molecule has 0 spiro atoms. The predicted molar refractivity (Wildman–Crippen MR) is 180 cm³/mol. The quantitative estimate of drug-likeness (QED) is 0.114. The van der Waals surface area contributed by atoms with Crippen molar-refractivity contribution in [3.05, 3.63) is 70.8 Å². The highest BCUT2D eigenvalue weighted by Crippen LogP contribution is 2.41. The van der Waals surface area contributed by atoms with Crippen LogP contribution in [-0.4, -0.2) is 58.8 Å². The zero-order valence-electron chi connectivity index (χ0n) is 26.2. The van der Waals surface area contributed by atoms with E-state index in [1.807, 2.05) is 62.4 Å². The molecule has 0 aliphatic rings. The SMILES string of the molecule is CCCO[Si](OCCC)(OCCC)C(C)(Cl)c1ccc(CCl)cc1.CO[Si](OC)(OC)C(C)(Cl)c1ccc(CCl)cc1. The lowest BCUT2D eigenvalue weighted by molar-refractivity contribution is 0.0467. The minimum atomic E-state index is -3.12. The first-order chi connectivity index (χ1) is 19.9. The smallest absolute Gasteiger partial charge is 0.376 e. The molecular formula is C30H48Cl4O6Si2. The number of hydrogen-bond donors (Lipinski definition) is 0. The van der Waals surface area contributed by atoms with E-state index in [9.17, 15) is 0 Å². The first kappa shape index (κ1) is 39.8. The van der Waals surface area contributed by atoms with Gasteiger partial charge in [0.1, 0.15) is 8.99 Å². The van der Waals surface area contributed by atoms with Crippen LogP contribution in [0, 0.1) is 0 Å². The van der Waals surface area contributed by atoms with Crippen LogP contribution in [0.25, 0.3) is 0 Å². The van der Waals surface area contributed by atoms with Crippen LogP contribution in [0.3, 0.4) is 0 Å². The molecule has 0 heterocycles. The Morgan fingerprint density at radius 2 is 0.833 bits per heavy atom. The molecule has 0 bridgehead atoms. The van der Waals surface area contributed by atoms with Crippen LogP contribution in [0.5, 0.6) is 0 Å². The summed E-state index contributed by atoms with van der Waals surface area (Å²) in [5.41, 5.74) is 3.91. The van der Waals surface area contributed by atoms with E-state index in [1.165, 1.54) is 0 Å². The van der Waals surface area contributed by atoms with Crippen molar-refractivity contribution in [1.29, 1.82) is 0 Å². The molecule has 0 saturated heterocycles. The molecule has 42 heavy (non-hydrogen) atoms. The third-order valence-electron chi connectivity index (χ3n) is 6.75. The average Bonchev–Trinajstić information content (AvgIpc) is 3.02. The van der Waals surface area contributed by atoms with Gasteiger partial charge in [-0.3, -0.25) is 0 Å². The van der Waals surface area contributed by atoms with Crippen LogP contribution in [0.15, 0.2) is 48.5 Å². The summed E-state index contributed by atoms with van der Waals surface area (Å²) in [5.74, 6) is 0.952. The second kappa shape index (κ2) is 19.3. The molecule has 0 N–H and O–H groups in total. The first-order valence-corrected chi connectivity index (χ1v) is 19.5. The van der Waals surface area contributed by atoms with Gasteiger partial charge in [0.05, 0.1) is 0 Å². The fourth-order valence-corrected chi connectivity index (χ4v) is 11.2. The predicted octanol–water partition coefficient (Wildman–Crippen LogP) is 8.93. The minimum Gasteiger partial charge on any atom is -0.376 e. The van der Waals surface area contributed by atoms with Crippen molar-refractivity contribution >= 4 is 64.0 Å². The summed E-state index contributed by atoms with van der Waals surface area (Å²) in [4.78, 5) is 0. The molecule has 0 aromatic heterocycles. The molecule has 2 atom stereocenters. The van der Waals surface area contributed by atoms with Gasteiger partial charge in [0.2, 0.25) is 0 Å². The second-order valence-corrected chi connectivity index (χ2v) is 18.9. The maximum absolute atomic E-state index is 7.04. The Hall–Kier alpha value is -0.206. The molecule has 12 heteroatoms. The summed E-state index contributed by atoms with van der Waals surface area (Å²) < 4.78 is 33.2. The Bertz CT molecular complexity index is 976. The third-order valence-corrected chi connectivity index (χ3v) is 15.4. The summed E-state index contributed by atoms with van der Waals surface area (Å²) in [7, 11) is -1.46. The molecule has 2 unspecified atom stereocenters. The van der Waals surface area contributed by atoms with Crippen LogP contribution in [0.4, 0.5) is 0 Å². The molecule has 6 nitrogen and oxygen atoms in total. The van der Waals surface area contributed by atoms with Gasteiger partial charge in [-0.15, -0.1) is 46.4 Å². The Morgan fingerprint density at radius 1 is 0.548 bits per heavy atom. The maximum atomic E-state index is 7.04. The summed E-state index contributed by atoms with van der Waals surface area (Å²) in [6.45, 7) is 11.7. The molecule has 0 amide bonds. The van der Waals surface area contributed by atoms with Crippen molar-refractivity contribution in [3.63, 3.8) is 0 Å². The fourth-order valence-electron chi connectivity index (χ4n) is 4.23. The van der Waals surface area contributed by atoms with Crippen molar-refractivity contribution in [2.75, 3.05) is 41.2 Å². The number of hydrogen-bond acceptors (Lipinski definition) is 6. The molecular weight excluding hydrogens is 654 g/mol. The van der Waals surface area contributed by atoms with E-state index in [-0.39, 0.29) is 0 Å². The minimum absolute atomic E-state index is 0.473. The van der Waals surface area contributed by atoms with Gasteiger partial charge in [-0.1, -0.05) is 69.3 Å². The highest BCUT2D eigenvalue weighted by Gasteiger charge is 2.59. The highest BCUT2D eigenvalue weighted by atomic mass is 35.5. The van der Waals surface area contributed by atoms with Gasteiger partial charge in [0.25, 0.3) is 0 Å². The van der Waals surface area contributed by atoms with Gasteiger partial charge in [0, 0.05) is 52.9 Å². The molecule has 0 radical (unpaired) electrons. The van der Waals surface area contributed by atoms with Gasteiger partial charge in [-0.2, -0.15) is 0 Å². The van der Waals surface area contributed by atoms with Crippen LogP contribution >= 0.6 is 46.4 Å². The number of benzene rings is 2. The molecule has 240 valence electrons. The molecule has 2 rings (SSSR count). The fraction of sp³-hybridized carbons (Fsp3) is 0.600. The summed E-state index contributed by atoms with van der Waals surface area (Å²) in [6, 6.07) is 15.7. The van der Waals surface area contributed by atoms with E-state index in [0.29, 0.717) is 31.6 Å². The number of alkyl halides is 4. The van der Waals surface area contributed by atoms with Gasteiger partial charge >= 0.3 is 17.6 Å². The van der Waals surface area contributed by atoms with E-state index in [4.69, 9.17) is 73.0 Å². The van der Waals surface area contributed by atoms with Gasteiger partial charge in [0.15, 0.2) is 0 Å². The lowest BCUT2D eigenvalue weighted by atomic mass is 10.1. The Balaban J connectivity index is 0.000000437. The van der Waals surface area contributed by atoms with Crippen molar-refractivity contribution in [3.8, 4) is 0 Å². The zero-order chi connectivity index (χ0) is 31.9. The summed E-state index contributed by atoms with van der Waals surface area (Å²) >= 11 is 25.3. The topological polar surface area (TPSA) is 55.4 Å². The van der Waals surface area contributed by atoms with E-state index < -0.39 is 26.6 Å². The van der Waals surface area contributed by atoms with Crippen LogP contribution < -0.4 is 0 Å². The van der Waals surface area contributed by atoms with Gasteiger partial charge < -0.3 is 26.6 Å². The average molecular weight is 703 g/mol. The van der Waals surface area contributed by atoms with Crippen molar-refractivity contribution in [2.45, 2.75) is 74.6 Å². The van der Waals surface area contributed by atoms with E-state index in [1.54, 1.807) is 21.3 Å². The van der Waals surface area contributed by atoms with Crippen molar-refractivity contribution < 1.29 is 26.6 Å². The summed E-state index contributed by atoms with van der Waals surface area (Å²) in [5, 5.41) is 0. The molecule has 2 aromatic carbocycles. The number of halogens is 4. The largest absolute Gasteiger partial charge is 0.527 e. The molecule has 2 aromatic rings. The van der Waals surface area contributed by atoms with E-state index in [0.717, 1.165) is 41.5 Å². The normalized spacial score (nSPS) is 15.0. The van der Waals surface area contributed by atoms with Crippen molar-refractivity contribution in [2.24, 2.45) is 0 Å². The standard InChI is InChI=1S/C18H30Cl2O3Si.C12H18Cl2O3Si/c1-5-12-21-24(22-13-6-2,23-14-7-3)18(4,20)17-10-8-16(15-19)9-11-17;1-12(14,18(15-2,16-3)17-4)11-7-5-10(9-13)6-8-11/h8-11H,5-7,12-15H2,1-4H3;5-8H,9H2,1-4H3. The van der Waals surface area contributed by atoms with Crippen molar-refractivity contribution in [1.82, 2.24) is 0 Å².